The fourth-order valence-electron chi connectivity index (χ4n) is 4.94. The summed E-state index contributed by atoms with van der Waals surface area (Å²) in [6.45, 7) is 3.23. The number of imidazole rings is 1. The van der Waals surface area contributed by atoms with E-state index in [4.69, 9.17) is 9.97 Å². The Morgan fingerprint density at radius 1 is 1.03 bits per heavy atom. The van der Waals surface area contributed by atoms with E-state index in [0.717, 1.165) is 65.0 Å². The van der Waals surface area contributed by atoms with Crippen molar-refractivity contribution in [3.05, 3.63) is 89.2 Å². The molecule has 0 atom stereocenters. The number of aromatic nitrogens is 4. The molecular weight excluding hydrogens is 422 g/mol. The lowest BCUT2D eigenvalue weighted by Gasteiger charge is -2.35. The first-order valence-electron chi connectivity index (χ1n) is 12.0. The van der Waals surface area contributed by atoms with E-state index in [9.17, 15) is 4.79 Å². The summed E-state index contributed by atoms with van der Waals surface area (Å²) in [7, 11) is 0. The van der Waals surface area contributed by atoms with E-state index in [-0.39, 0.29) is 5.56 Å². The topological polar surface area (TPSA) is 75.1 Å². The summed E-state index contributed by atoms with van der Waals surface area (Å²) in [5.41, 5.74) is 5.00. The van der Waals surface area contributed by atoms with Crippen LogP contribution in [0.5, 0.6) is 0 Å². The van der Waals surface area contributed by atoms with Crippen LogP contribution in [0.4, 0.5) is 0 Å². The molecule has 0 bridgehead atoms. The average molecular weight is 450 g/mol. The van der Waals surface area contributed by atoms with Crippen LogP contribution in [0, 0.1) is 0 Å². The molecule has 0 aliphatic heterocycles. The summed E-state index contributed by atoms with van der Waals surface area (Å²) in [5.74, 6) is 1.32. The van der Waals surface area contributed by atoms with E-state index in [1.54, 1.807) is 6.20 Å². The largest absolute Gasteiger partial charge is 0.326 e. The fraction of sp³-hybridized carbons (Fsp3) is 0.250. The van der Waals surface area contributed by atoms with Gasteiger partial charge in [0.2, 0.25) is 0 Å². The maximum absolute atomic E-state index is 12.9. The molecule has 3 aromatic heterocycles. The summed E-state index contributed by atoms with van der Waals surface area (Å²) in [6.07, 6.45) is 6.84. The van der Waals surface area contributed by atoms with Gasteiger partial charge in [-0.05, 0) is 37.9 Å². The molecular formula is C28H27N5O. The summed E-state index contributed by atoms with van der Waals surface area (Å²) < 4.78 is 1.98. The zero-order valence-corrected chi connectivity index (χ0v) is 19.2. The van der Waals surface area contributed by atoms with Crippen molar-refractivity contribution >= 4 is 16.4 Å². The first-order valence-corrected chi connectivity index (χ1v) is 12.0. The Hall–Kier alpha value is -3.77. The van der Waals surface area contributed by atoms with Crippen LogP contribution in [-0.2, 0) is 0 Å². The van der Waals surface area contributed by atoms with Crippen LogP contribution < -0.4 is 10.9 Å². The van der Waals surface area contributed by atoms with E-state index in [2.05, 4.69) is 41.5 Å². The highest BCUT2D eigenvalue weighted by atomic mass is 16.1. The van der Waals surface area contributed by atoms with Gasteiger partial charge in [0.15, 0.2) is 0 Å². The van der Waals surface area contributed by atoms with Crippen LogP contribution >= 0.6 is 0 Å². The zero-order valence-electron chi connectivity index (χ0n) is 19.2. The molecule has 0 spiro atoms. The van der Waals surface area contributed by atoms with Crippen LogP contribution in [0.3, 0.4) is 0 Å². The quantitative estimate of drug-likeness (QED) is 0.376. The third kappa shape index (κ3) is 3.60. The first kappa shape index (κ1) is 20.8. The van der Waals surface area contributed by atoms with Crippen molar-refractivity contribution in [2.75, 3.05) is 6.54 Å². The molecule has 0 unspecified atom stereocenters. The van der Waals surface area contributed by atoms with Gasteiger partial charge < -0.3 is 10.3 Å². The average Bonchev–Trinajstić information content (AvgIpc) is 3.23. The molecule has 6 heteroatoms. The van der Waals surface area contributed by atoms with Gasteiger partial charge in [-0.3, -0.25) is 9.20 Å². The van der Waals surface area contributed by atoms with Crippen molar-refractivity contribution in [3.63, 3.8) is 0 Å². The Labute approximate surface area is 197 Å². The minimum absolute atomic E-state index is 0.123. The smallest absolute Gasteiger partial charge is 0.274 e. The number of nitrogens with zero attached hydrogens (tertiary/aromatic N) is 3. The summed E-state index contributed by atoms with van der Waals surface area (Å²) in [5, 5.41) is 4.65. The molecule has 0 amide bonds. The highest BCUT2D eigenvalue weighted by Crippen LogP contribution is 2.38. The lowest BCUT2D eigenvalue weighted by atomic mass is 9.79. The van der Waals surface area contributed by atoms with Gasteiger partial charge in [-0.15, -0.1) is 0 Å². The molecule has 2 N–H and O–H groups in total. The van der Waals surface area contributed by atoms with Crippen molar-refractivity contribution in [1.29, 1.82) is 0 Å². The normalized spacial score (nSPS) is 17.8. The molecule has 1 aliphatic rings. The van der Waals surface area contributed by atoms with Crippen LogP contribution in [0.1, 0.15) is 37.9 Å². The molecule has 170 valence electrons. The minimum atomic E-state index is -0.123. The highest BCUT2D eigenvalue weighted by molar-refractivity contribution is 5.88. The van der Waals surface area contributed by atoms with Gasteiger partial charge in [0, 0.05) is 40.9 Å². The molecule has 1 fully saturated rings. The van der Waals surface area contributed by atoms with Gasteiger partial charge >= 0.3 is 0 Å². The van der Waals surface area contributed by atoms with E-state index in [1.807, 2.05) is 47.0 Å². The number of aromatic amines is 1. The standard InChI is InChI=1S/C28H27N5O/c1-2-12-29-22-15-21(16-22)27-32-25(26-28(34)30-13-14-33(26)27)20-9-8-19-10-11-23(31-24(19)17-20)18-6-4-3-5-7-18/h3-11,13-14,17,21-22,29H,2,12,15-16H2,1H3,(H,30,34). The van der Waals surface area contributed by atoms with Crippen LogP contribution in [-0.4, -0.2) is 31.9 Å². The van der Waals surface area contributed by atoms with Crippen molar-refractivity contribution in [3.8, 4) is 22.5 Å². The number of fused-ring (bicyclic) bond motifs is 2. The molecule has 1 aliphatic carbocycles. The monoisotopic (exact) mass is 449 g/mol. The number of H-pyrrole nitrogens is 1. The van der Waals surface area contributed by atoms with Gasteiger partial charge in [-0.2, -0.15) is 0 Å². The zero-order chi connectivity index (χ0) is 23.1. The predicted molar refractivity (Wildman–Crippen MR) is 136 cm³/mol. The molecule has 3 heterocycles. The Kier molecular flexibility index (Phi) is 5.23. The predicted octanol–water partition coefficient (Wildman–Crippen LogP) is 5.15. The number of pyridine rings is 1. The molecule has 5 aromatic rings. The first-order chi connectivity index (χ1) is 16.7. The number of nitrogens with one attached hydrogen (secondary N) is 2. The number of hydrogen-bond donors (Lipinski definition) is 2. The molecule has 34 heavy (non-hydrogen) atoms. The molecule has 6 rings (SSSR count). The Balaban J connectivity index is 1.42. The molecule has 6 nitrogen and oxygen atoms in total. The van der Waals surface area contributed by atoms with Gasteiger partial charge in [-0.25, -0.2) is 9.97 Å². The lowest BCUT2D eigenvalue weighted by molar-refractivity contribution is 0.282. The molecule has 2 aromatic carbocycles. The number of hydrogen-bond acceptors (Lipinski definition) is 4. The summed E-state index contributed by atoms with van der Waals surface area (Å²) in [4.78, 5) is 25.7. The summed E-state index contributed by atoms with van der Waals surface area (Å²) >= 11 is 0. The van der Waals surface area contributed by atoms with Crippen LogP contribution in [0.15, 0.2) is 77.9 Å². The van der Waals surface area contributed by atoms with Gasteiger partial charge in [0.25, 0.3) is 5.56 Å². The van der Waals surface area contributed by atoms with Gasteiger partial charge in [-0.1, -0.05) is 55.5 Å². The van der Waals surface area contributed by atoms with Crippen LogP contribution in [0.25, 0.3) is 38.9 Å². The van der Waals surface area contributed by atoms with E-state index in [0.29, 0.717) is 17.5 Å². The highest BCUT2D eigenvalue weighted by Gasteiger charge is 2.34. The second kappa shape index (κ2) is 8.54. The number of benzene rings is 2. The second-order valence-electron chi connectivity index (χ2n) is 9.12. The van der Waals surface area contributed by atoms with E-state index < -0.39 is 0 Å². The Morgan fingerprint density at radius 3 is 2.68 bits per heavy atom. The van der Waals surface area contributed by atoms with Crippen LogP contribution in [0.2, 0.25) is 0 Å². The Morgan fingerprint density at radius 2 is 1.85 bits per heavy atom. The maximum atomic E-state index is 12.9. The summed E-state index contributed by atoms with van der Waals surface area (Å²) in [6, 6.07) is 21.0. The van der Waals surface area contributed by atoms with Crippen molar-refractivity contribution in [2.24, 2.45) is 0 Å². The molecule has 0 radical (unpaired) electrons. The third-order valence-electron chi connectivity index (χ3n) is 6.81. The van der Waals surface area contributed by atoms with Gasteiger partial charge in [0.05, 0.1) is 11.2 Å². The van der Waals surface area contributed by atoms with E-state index >= 15 is 0 Å². The van der Waals surface area contributed by atoms with E-state index in [1.165, 1.54) is 0 Å². The second-order valence-corrected chi connectivity index (χ2v) is 9.12. The maximum Gasteiger partial charge on any atom is 0.274 e. The molecule has 1 saturated carbocycles. The van der Waals surface area contributed by atoms with Crippen molar-refractivity contribution in [2.45, 2.75) is 38.1 Å². The third-order valence-corrected chi connectivity index (χ3v) is 6.81. The Bertz CT molecular complexity index is 1530. The van der Waals surface area contributed by atoms with Crippen molar-refractivity contribution in [1.82, 2.24) is 24.7 Å². The fourth-order valence-corrected chi connectivity index (χ4v) is 4.94. The van der Waals surface area contributed by atoms with Crippen molar-refractivity contribution < 1.29 is 0 Å². The minimum Gasteiger partial charge on any atom is -0.326 e. The van der Waals surface area contributed by atoms with Gasteiger partial charge in [0.1, 0.15) is 17.0 Å². The lowest BCUT2D eigenvalue weighted by Crippen LogP contribution is -2.41. The molecule has 0 saturated heterocycles. The number of rotatable bonds is 6. The SMILES string of the molecule is CCCNC1CC(c2nc(-c3ccc4ccc(-c5ccccc5)nc4c3)c3c(=O)[nH]ccn23)C1.